The van der Waals surface area contributed by atoms with Crippen LogP contribution in [-0.4, -0.2) is 44.0 Å². The molecule has 1 aliphatic rings. The summed E-state index contributed by atoms with van der Waals surface area (Å²) < 4.78 is 3.08. The standard InChI is InChI=1S/C13H17NO3.2C6H5.Sn/c1-3-9(2)12(13(16)17)14-8-10-6-4-5-7-11(10)15;2*1-2-4-6-5-3-1;/h4-9,12,14H,3H2,1-2H3,(H,16,17);2*1-5H;/b10-8+;;;/t9?,12-;;;/m0.../s1. The Morgan fingerprint density at radius 3 is 2.00 bits per heavy atom. The number of nitrogens with one attached hydrogen (secondary N) is 1. The number of carboxylic acid groups (broad SMARTS) is 1. The Kier molecular flexibility index (Phi) is 10.1. The minimum atomic E-state index is -0.904. The van der Waals surface area contributed by atoms with Gasteiger partial charge in [-0.25, -0.2) is 4.79 Å². The molecule has 4 nitrogen and oxygen atoms in total. The van der Waals surface area contributed by atoms with Gasteiger partial charge in [0.1, 0.15) is 6.04 Å². The van der Waals surface area contributed by atoms with Gasteiger partial charge in [0.2, 0.25) is 0 Å². The predicted octanol–water partition coefficient (Wildman–Crippen LogP) is 3.00. The third kappa shape index (κ3) is 8.03. The first-order valence-corrected chi connectivity index (χ1v) is 12.8. The average molecular weight is 508 g/mol. The summed E-state index contributed by atoms with van der Waals surface area (Å²) in [6.07, 6.45) is 8.75. The molecule has 0 saturated carbocycles. The number of benzene rings is 2. The molecule has 0 saturated heterocycles. The van der Waals surface area contributed by atoms with Crippen molar-refractivity contribution in [1.29, 1.82) is 0 Å². The van der Waals surface area contributed by atoms with Gasteiger partial charge in [-0.2, -0.15) is 0 Å². The van der Waals surface area contributed by atoms with E-state index < -0.39 is 33.2 Å². The van der Waals surface area contributed by atoms with Crippen molar-refractivity contribution < 1.29 is 14.7 Å². The van der Waals surface area contributed by atoms with Crippen molar-refractivity contribution in [3.05, 3.63) is 96.7 Å². The van der Waals surface area contributed by atoms with Crippen LogP contribution in [0.4, 0.5) is 0 Å². The molecule has 5 heteroatoms. The van der Waals surface area contributed by atoms with E-state index in [4.69, 9.17) is 5.11 Å². The first-order chi connectivity index (χ1) is 14.5. The van der Waals surface area contributed by atoms with E-state index in [0.29, 0.717) is 5.57 Å². The zero-order chi connectivity index (χ0) is 21.8. The van der Waals surface area contributed by atoms with Gasteiger partial charge in [0.25, 0.3) is 0 Å². The van der Waals surface area contributed by atoms with E-state index in [9.17, 15) is 9.59 Å². The number of carbonyl (C=O) groups is 2. The van der Waals surface area contributed by atoms with Gasteiger partial charge in [-0.1, -0.05) is 32.4 Å². The molecule has 0 bridgehead atoms. The van der Waals surface area contributed by atoms with Crippen molar-refractivity contribution in [3.63, 3.8) is 0 Å². The number of hydrogen-bond donors (Lipinski definition) is 2. The molecule has 0 amide bonds. The Hall–Kier alpha value is -2.60. The van der Waals surface area contributed by atoms with Gasteiger partial charge in [-0.05, 0) is 18.1 Å². The van der Waals surface area contributed by atoms with Gasteiger partial charge in [0.15, 0.2) is 5.78 Å². The molecule has 1 aliphatic carbocycles. The summed E-state index contributed by atoms with van der Waals surface area (Å²) in [5.74, 6) is -1.02. The van der Waals surface area contributed by atoms with E-state index >= 15 is 0 Å². The number of aliphatic carboxylic acids is 1. The van der Waals surface area contributed by atoms with Crippen molar-refractivity contribution in [3.8, 4) is 0 Å². The number of carbonyl (C=O) groups excluding carboxylic acids is 1. The molecule has 0 fully saturated rings. The summed E-state index contributed by atoms with van der Waals surface area (Å²) in [7, 11) is 0. The third-order valence-corrected chi connectivity index (χ3v) is 8.20. The normalized spacial score (nSPS) is 15.8. The summed E-state index contributed by atoms with van der Waals surface area (Å²) in [5.41, 5.74) is 0.474. The number of carboxylic acids is 1. The Morgan fingerprint density at radius 1 is 1.00 bits per heavy atom. The summed E-state index contributed by atoms with van der Waals surface area (Å²) >= 11 is -0.517. The number of ketones is 1. The van der Waals surface area contributed by atoms with Crippen LogP contribution < -0.4 is 12.5 Å². The van der Waals surface area contributed by atoms with Crippen molar-refractivity contribution in [1.82, 2.24) is 5.32 Å². The molecule has 1 unspecified atom stereocenters. The molecular weight excluding hydrogens is 481 g/mol. The summed E-state index contributed by atoms with van der Waals surface area (Å²) in [6.45, 7) is 3.80. The molecule has 30 heavy (non-hydrogen) atoms. The van der Waals surface area contributed by atoms with Crippen LogP contribution in [0, 0.1) is 5.92 Å². The fraction of sp³-hybridized carbons (Fsp3) is 0.200. The molecule has 0 aliphatic heterocycles. The Bertz CT molecular complexity index is 867. The number of rotatable bonds is 7. The topological polar surface area (TPSA) is 66.4 Å². The second-order valence-electron chi connectivity index (χ2n) is 6.91. The van der Waals surface area contributed by atoms with Crippen molar-refractivity contribution in [2.24, 2.45) is 5.92 Å². The Labute approximate surface area is 188 Å². The molecule has 2 atom stereocenters. The molecule has 2 aromatic carbocycles. The SMILES string of the molecule is CCC(C)[C@H](N/C=C1\C=CC=CC1=O)C(=O)O.c1cc[c]([Sn][c]2ccccc2)cc1. The van der Waals surface area contributed by atoms with E-state index in [0.717, 1.165) is 6.42 Å². The van der Waals surface area contributed by atoms with E-state index in [2.05, 4.69) is 66.0 Å². The molecular formula is C25H27NO3Sn. The first-order valence-electron chi connectivity index (χ1n) is 9.96. The van der Waals surface area contributed by atoms with Gasteiger partial charge in [0, 0.05) is 11.8 Å². The van der Waals surface area contributed by atoms with Crippen molar-refractivity contribution in [2.75, 3.05) is 0 Å². The molecule has 0 aromatic heterocycles. The zero-order valence-electron chi connectivity index (χ0n) is 17.3. The van der Waals surface area contributed by atoms with Crippen molar-refractivity contribution >= 4 is 40.1 Å². The van der Waals surface area contributed by atoms with Gasteiger partial charge in [-0.15, -0.1) is 0 Å². The second kappa shape index (κ2) is 12.9. The minimum absolute atomic E-state index is 0.00237. The van der Waals surface area contributed by atoms with Crippen LogP contribution in [-0.2, 0) is 9.59 Å². The summed E-state index contributed by atoms with van der Waals surface area (Å²) in [4.78, 5) is 22.5. The predicted molar refractivity (Wildman–Crippen MR) is 123 cm³/mol. The molecule has 2 N–H and O–H groups in total. The van der Waals surface area contributed by atoms with Gasteiger partial charge < -0.3 is 10.4 Å². The number of allylic oxidation sites excluding steroid dienone is 5. The zero-order valence-corrected chi connectivity index (χ0v) is 20.1. The summed E-state index contributed by atoms with van der Waals surface area (Å²) in [6, 6.07) is 20.9. The van der Waals surface area contributed by atoms with Crippen LogP contribution in [0.25, 0.3) is 0 Å². The fourth-order valence-corrected chi connectivity index (χ4v) is 5.70. The van der Waals surface area contributed by atoms with E-state index in [1.807, 2.05) is 13.8 Å². The average Bonchev–Trinajstić information content (AvgIpc) is 2.76. The monoisotopic (exact) mass is 509 g/mol. The first kappa shape index (κ1) is 23.7. The van der Waals surface area contributed by atoms with Crippen LogP contribution in [0.2, 0.25) is 0 Å². The van der Waals surface area contributed by atoms with Crippen molar-refractivity contribution in [2.45, 2.75) is 26.3 Å². The maximum absolute atomic E-state index is 11.4. The van der Waals surface area contributed by atoms with Gasteiger partial charge in [-0.3, -0.25) is 4.79 Å². The van der Waals surface area contributed by atoms with Gasteiger partial charge >= 0.3 is 94.9 Å². The van der Waals surface area contributed by atoms with Crippen LogP contribution in [0.3, 0.4) is 0 Å². The van der Waals surface area contributed by atoms with Crippen LogP contribution >= 0.6 is 0 Å². The Morgan fingerprint density at radius 2 is 1.53 bits per heavy atom. The quantitative estimate of drug-likeness (QED) is 0.446. The third-order valence-electron chi connectivity index (χ3n) is 4.65. The molecule has 2 radical (unpaired) electrons. The Balaban J connectivity index is 0.000000220. The molecule has 154 valence electrons. The molecule has 0 spiro atoms. The van der Waals surface area contributed by atoms with Crippen LogP contribution in [0.5, 0.6) is 0 Å². The molecule has 2 aromatic rings. The van der Waals surface area contributed by atoms with Crippen LogP contribution in [0.1, 0.15) is 20.3 Å². The fourth-order valence-electron chi connectivity index (χ4n) is 2.70. The number of hydrogen-bond acceptors (Lipinski definition) is 3. The van der Waals surface area contributed by atoms with E-state index in [1.54, 1.807) is 18.2 Å². The molecule has 0 heterocycles. The van der Waals surface area contributed by atoms with Crippen LogP contribution in [0.15, 0.2) is 96.7 Å². The summed E-state index contributed by atoms with van der Waals surface area (Å²) in [5, 5.41) is 11.9. The molecule has 3 rings (SSSR count). The second-order valence-corrected chi connectivity index (χ2v) is 10.9. The van der Waals surface area contributed by atoms with E-state index in [-0.39, 0.29) is 11.7 Å². The van der Waals surface area contributed by atoms with Gasteiger partial charge in [0.05, 0.1) is 0 Å². The van der Waals surface area contributed by atoms with E-state index in [1.165, 1.54) is 19.4 Å². The maximum atomic E-state index is 11.4.